The summed E-state index contributed by atoms with van der Waals surface area (Å²) in [4.78, 5) is 0. The summed E-state index contributed by atoms with van der Waals surface area (Å²) in [7, 11) is 2.88. The van der Waals surface area contributed by atoms with E-state index in [-0.39, 0.29) is 12.4 Å². The fourth-order valence-corrected chi connectivity index (χ4v) is 1.19. The van der Waals surface area contributed by atoms with Crippen LogP contribution in [0.4, 0.5) is 4.39 Å². The van der Waals surface area contributed by atoms with E-state index in [4.69, 9.17) is 14.7 Å². The molecule has 1 aromatic carbocycles. The predicted octanol–water partition coefficient (Wildman–Crippen LogP) is 1.85. The molecule has 0 aliphatic carbocycles. The zero-order chi connectivity index (χ0) is 10.6. The van der Waals surface area contributed by atoms with E-state index in [1.165, 1.54) is 26.4 Å². The molecule has 0 N–H and O–H groups in total. The topological polar surface area (TPSA) is 42.2 Å². The molecule has 0 aliphatic rings. The van der Waals surface area contributed by atoms with Crippen molar-refractivity contribution in [3.63, 3.8) is 0 Å². The van der Waals surface area contributed by atoms with Crippen LogP contribution in [-0.4, -0.2) is 14.2 Å². The van der Waals surface area contributed by atoms with Crippen LogP contribution in [0.1, 0.15) is 11.1 Å². The van der Waals surface area contributed by atoms with Crippen LogP contribution in [0.15, 0.2) is 12.1 Å². The van der Waals surface area contributed by atoms with Crippen molar-refractivity contribution in [1.29, 1.82) is 5.26 Å². The van der Waals surface area contributed by atoms with Gasteiger partial charge in [-0.1, -0.05) is 0 Å². The number of ether oxygens (including phenoxy) is 2. The van der Waals surface area contributed by atoms with Crippen molar-refractivity contribution in [1.82, 2.24) is 0 Å². The van der Waals surface area contributed by atoms with Gasteiger partial charge < -0.3 is 9.47 Å². The molecule has 0 heterocycles. The zero-order valence-corrected chi connectivity index (χ0v) is 8.00. The van der Waals surface area contributed by atoms with Crippen LogP contribution in [0.25, 0.3) is 0 Å². The molecular formula is C10H10FNO2. The molecule has 74 valence electrons. The van der Waals surface area contributed by atoms with E-state index in [1.54, 1.807) is 0 Å². The Kier molecular flexibility index (Phi) is 3.43. The van der Waals surface area contributed by atoms with Crippen molar-refractivity contribution < 1.29 is 13.9 Å². The van der Waals surface area contributed by atoms with Crippen LogP contribution in [0.3, 0.4) is 0 Å². The number of benzene rings is 1. The highest BCUT2D eigenvalue weighted by molar-refractivity contribution is 5.48. The molecule has 0 aliphatic heterocycles. The van der Waals surface area contributed by atoms with E-state index in [9.17, 15) is 4.39 Å². The standard InChI is InChI=1S/C10H10FNO2/c1-13-6-7-3-8(11)4-10(14-2)9(7)5-12/h3-4H,6H2,1-2H3. The molecule has 1 aromatic rings. The van der Waals surface area contributed by atoms with Crippen molar-refractivity contribution in [2.24, 2.45) is 0 Å². The molecule has 0 amide bonds. The van der Waals surface area contributed by atoms with Crippen molar-refractivity contribution in [3.8, 4) is 11.8 Å². The lowest BCUT2D eigenvalue weighted by molar-refractivity contribution is 0.184. The Morgan fingerprint density at radius 1 is 1.43 bits per heavy atom. The molecule has 0 bridgehead atoms. The summed E-state index contributed by atoms with van der Waals surface area (Å²) in [6.07, 6.45) is 0. The van der Waals surface area contributed by atoms with Crippen LogP contribution in [0, 0.1) is 17.1 Å². The summed E-state index contributed by atoms with van der Waals surface area (Å²) >= 11 is 0. The minimum absolute atomic E-state index is 0.191. The fraction of sp³-hybridized carbons (Fsp3) is 0.300. The minimum Gasteiger partial charge on any atom is -0.495 e. The van der Waals surface area contributed by atoms with E-state index in [0.717, 1.165) is 0 Å². The summed E-state index contributed by atoms with van der Waals surface area (Å²) < 4.78 is 22.7. The van der Waals surface area contributed by atoms with Gasteiger partial charge in [0.1, 0.15) is 17.6 Å². The zero-order valence-electron chi connectivity index (χ0n) is 8.00. The van der Waals surface area contributed by atoms with Gasteiger partial charge in [0, 0.05) is 18.7 Å². The maximum atomic E-state index is 13.0. The average molecular weight is 195 g/mol. The summed E-state index contributed by atoms with van der Waals surface area (Å²) in [6.45, 7) is 0.191. The molecule has 0 spiro atoms. The highest BCUT2D eigenvalue weighted by Crippen LogP contribution is 2.23. The molecule has 0 saturated heterocycles. The Labute approximate surface area is 81.7 Å². The maximum Gasteiger partial charge on any atom is 0.139 e. The normalized spacial score (nSPS) is 9.57. The number of halogens is 1. The van der Waals surface area contributed by atoms with Crippen LogP contribution in [-0.2, 0) is 11.3 Å². The Morgan fingerprint density at radius 2 is 2.14 bits per heavy atom. The third kappa shape index (κ3) is 2.01. The number of nitrogens with zero attached hydrogens (tertiary/aromatic N) is 1. The minimum atomic E-state index is -0.437. The van der Waals surface area contributed by atoms with Crippen molar-refractivity contribution in [2.45, 2.75) is 6.61 Å². The van der Waals surface area contributed by atoms with Crippen molar-refractivity contribution >= 4 is 0 Å². The second-order valence-electron chi connectivity index (χ2n) is 2.69. The maximum absolute atomic E-state index is 13.0. The van der Waals surface area contributed by atoms with Gasteiger partial charge in [-0.2, -0.15) is 5.26 Å². The highest BCUT2D eigenvalue weighted by Gasteiger charge is 2.10. The molecule has 0 unspecified atom stereocenters. The monoisotopic (exact) mass is 195 g/mol. The van der Waals surface area contributed by atoms with Gasteiger partial charge in [0.15, 0.2) is 0 Å². The van der Waals surface area contributed by atoms with Crippen molar-refractivity contribution in [2.75, 3.05) is 14.2 Å². The predicted molar refractivity (Wildman–Crippen MR) is 48.4 cm³/mol. The van der Waals surface area contributed by atoms with Crippen LogP contribution in [0.2, 0.25) is 0 Å². The number of methoxy groups -OCH3 is 2. The first-order valence-corrected chi connectivity index (χ1v) is 3.98. The van der Waals surface area contributed by atoms with Gasteiger partial charge >= 0.3 is 0 Å². The molecule has 14 heavy (non-hydrogen) atoms. The first-order valence-electron chi connectivity index (χ1n) is 3.98. The fourth-order valence-electron chi connectivity index (χ4n) is 1.19. The van der Waals surface area contributed by atoms with E-state index >= 15 is 0 Å². The smallest absolute Gasteiger partial charge is 0.139 e. The third-order valence-electron chi connectivity index (χ3n) is 1.78. The van der Waals surface area contributed by atoms with Gasteiger partial charge in [-0.05, 0) is 6.07 Å². The third-order valence-corrected chi connectivity index (χ3v) is 1.78. The molecule has 3 nitrogen and oxygen atoms in total. The van der Waals surface area contributed by atoms with Gasteiger partial charge in [-0.25, -0.2) is 4.39 Å². The average Bonchev–Trinajstić information content (AvgIpc) is 2.17. The number of hydrogen-bond donors (Lipinski definition) is 0. The van der Waals surface area contributed by atoms with Crippen LogP contribution < -0.4 is 4.74 Å². The number of hydrogen-bond acceptors (Lipinski definition) is 3. The Balaban J connectivity index is 3.26. The summed E-state index contributed by atoms with van der Waals surface area (Å²) in [5.74, 6) is -0.201. The molecular weight excluding hydrogens is 185 g/mol. The molecule has 0 atom stereocenters. The lowest BCUT2D eigenvalue weighted by Crippen LogP contribution is -1.98. The molecule has 0 fully saturated rings. The van der Waals surface area contributed by atoms with E-state index < -0.39 is 5.82 Å². The first-order chi connectivity index (χ1) is 6.72. The van der Waals surface area contributed by atoms with Crippen molar-refractivity contribution in [3.05, 3.63) is 29.1 Å². The first kappa shape index (κ1) is 10.5. The van der Waals surface area contributed by atoms with E-state index in [0.29, 0.717) is 11.1 Å². The second kappa shape index (κ2) is 4.58. The number of nitriles is 1. The quantitative estimate of drug-likeness (QED) is 0.739. The Hall–Kier alpha value is -1.60. The van der Waals surface area contributed by atoms with Crippen LogP contribution in [0.5, 0.6) is 5.75 Å². The summed E-state index contributed by atoms with van der Waals surface area (Å²) in [5.41, 5.74) is 0.808. The second-order valence-corrected chi connectivity index (χ2v) is 2.69. The van der Waals surface area contributed by atoms with E-state index in [1.807, 2.05) is 6.07 Å². The molecule has 0 saturated carbocycles. The van der Waals surface area contributed by atoms with Gasteiger partial charge in [-0.3, -0.25) is 0 Å². The lowest BCUT2D eigenvalue weighted by atomic mass is 10.1. The van der Waals surface area contributed by atoms with Gasteiger partial charge in [0.2, 0.25) is 0 Å². The molecule has 1 rings (SSSR count). The lowest BCUT2D eigenvalue weighted by Gasteiger charge is -2.07. The Morgan fingerprint density at radius 3 is 2.64 bits per heavy atom. The molecule has 4 heteroatoms. The number of rotatable bonds is 3. The largest absolute Gasteiger partial charge is 0.495 e. The summed E-state index contributed by atoms with van der Waals surface area (Å²) in [6, 6.07) is 4.40. The van der Waals surface area contributed by atoms with E-state index in [2.05, 4.69) is 0 Å². The Bertz CT molecular complexity index is 371. The highest BCUT2D eigenvalue weighted by atomic mass is 19.1. The molecule has 0 aromatic heterocycles. The van der Waals surface area contributed by atoms with Gasteiger partial charge in [0.25, 0.3) is 0 Å². The van der Waals surface area contributed by atoms with Gasteiger partial charge in [-0.15, -0.1) is 0 Å². The van der Waals surface area contributed by atoms with Crippen LogP contribution >= 0.6 is 0 Å². The summed E-state index contributed by atoms with van der Waals surface area (Å²) in [5, 5.41) is 8.84. The SMILES string of the molecule is COCc1cc(F)cc(OC)c1C#N. The van der Waals surface area contributed by atoms with Gasteiger partial charge in [0.05, 0.1) is 19.3 Å². The molecule has 0 radical (unpaired) electrons.